The summed E-state index contributed by atoms with van der Waals surface area (Å²) in [5, 5.41) is 2.63. The maximum absolute atomic E-state index is 11.5. The minimum absolute atomic E-state index is 0.383. The molecule has 0 aromatic heterocycles. The lowest BCUT2D eigenvalue weighted by atomic mass is 10.2. The molecule has 0 fully saturated rings. The zero-order valence-corrected chi connectivity index (χ0v) is 25.6. The lowest BCUT2D eigenvalue weighted by Crippen LogP contribution is -2.34. The van der Waals surface area contributed by atoms with Crippen molar-refractivity contribution in [1.82, 2.24) is 5.32 Å². The molecule has 1 aromatic rings. The number of ether oxygens (including phenoxy) is 10. The van der Waals surface area contributed by atoms with Crippen LogP contribution in [0.2, 0.25) is 0 Å². The molecule has 0 heterocycles. The third-order valence-electron chi connectivity index (χ3n) is 4.92. The molecule has 3 N–H and O–H groups in total. The van der Waals surface area contributed by atoms with E-state index >= 15 is 0 Å². The summed E-state index contributed by atoms with van der Waals surface area (Å²) in [6.07, 6.45) is -0.452. The molecule has 0 saturated carbocycles. The molecule has 1 rings (SSSR count). The number of hydrogen-bond donors (Lipinski definition) is 2. The van der Waals surface area contributed by atoms with Crippen molar-refractivity contribution in [3.8, 4) is 5.75 Å². The van der Waals surface area contributed by atoms with Gasteiger partial charge in [-0.05, 0) is 32.9 Å². The van der Waals surface area contributed by atoms with Crippen molar-refractivity contribution in [3.63, 3.8) is 0 Å². The van der Waals surface area contributed by atoms with Crippen LogP contribution in [0.1, 0.15) is 20.8 Å². The van der Waals surface area contributed by atoms with Gasteiger partial charge in [0.25, 0.3) is 0 Å². The number of alkyl carbamates (subject to hydrolysis) is 1. The first-order valence-corrected chi connectivity index (χ1v) is 14.4. The first kappa shape index (κ1) is 37.8. The summed E-state index contributed by atoms with van der Waals surface area (Å²) in [4.78, 5) is 11.5. The first-order valence-electron chi connectivity index (χ1n) is 14.4. The second kappa shape index (κ2) is 26.4. The third kappa shape index (κ3) is 25.5. The Morgan fingerprint density at radius 1 is 0.595 bits per heavy atom. The number of amides is 1. The zero-order valence-electron chi connectivity index (χ0n) is 25.6. The molecule has 244 valence electrons. The molecular formula is C29H52N2O11. The lowest BCUT2D eigenvalue weighted by Gasteiger charge is -2.19. The summed E-state index contributed by atoms with van der Waals surface area (Å²) < 4.78 is 54.2. The Bertz CT molecular complexity index is 765. The van der Waals surface area contributed by atoms with E-state index in [-0.39, 0.29) is 0 Å². The predicted octanol–water partition coefficient (Wildman–Crippen LogP) is 2.31. The number of nitrogen functional groups attached to an aromatic ring is 1. The van der Waals surface area contributed by atoms with E-state index < -0.39 is 11.7 Å². The molecule has 0 atom stereocenters. The van der Waals surface area contributed by atoms with Crippen molar-refractivity contribution in [3.05, 3.63) is 24.3 Å². The highest BCUT2D eigenvalue weighted by molar-refractivity contribution is 5.67. The maximum atomic E-state index is 11.5. The van der Waals surface area contributed by atoms with E-state index in [9.17, 15) is 4.79 Å². The molecule has 0 spiro atoms. The highest BCUT2D eigenvalue weighted by Crippen LogP contribution is 2.19. The van der Waals surface area contributed by atoms with Crippen LogP contribution >= 0.6 is 0 Å². The Balaban J connectivity index is 1.67. The number of carbonyl (C=O) groups excluding carboxylic acids is 1. The SMILES string of the molecule is CC(C)(C)OC(=O)NCCOCCOCCOCCOCCOCCOCCOCCOCCOc1ccccc1N. The summed E-state index contributed by atoms with van der Waals surface area (Å²) in [6.45, 7) is 13.9. The number of carbonyl (C=O) groups is 1. The zero-order chi connectivity index (χ0) is 30.6. The summed E-state index contributed by atoms with van der Waals surface area (Å²) >= 11 is 0. The molecule has 0 unspecified atom stereocenters. The van der Waals surface area contributed by atoms with Gasteiger partial charge >= 0.3 is 6.09 Å². The van der Waals surface area contributed by atoms with Crippen molar-refractivity contribution in [2.75, 3.05) is 125 Å². The van der Waals surface area contributed by atoms with Gasteiger partial charge in [0.1, 0.15) is 18.0 Å². The van der Waals surface area contributed by atoms with Crippen LogP contribution in [0.15, 0.2) is 24.3 Å². The molecule has 0 aliphatic heterocycles. The highest BCUT2D eigenvalue weighted by Gasteiger charge is 2.15. The third-order valence-corrected chi connectivity index (χ3v) is 4.92. The van der Waals surface area contributed by atoms with Crippen molar-refractivity contribution < 1.29 is 52.2 Å². The molecule has 0 radical (unpaired) electrons. The van der Waals surface area contributed by atoms with Crippen LogP contribution in [0, 0.1) is 0 Å². The fraction of sp³-hybridized carbons (Fsp3) is 0.759. The number of rotatable bonds is 28. The number of benzene rings is 1. The average molecular weight is 605 g/mol. The molecule has 1 amide bonds. The van der Waals surface area contributed by atoms with Crippen LogP contribution in [0.25, 0.3) is 0 Å². The van der Waals surface area contributed by atoms with Crippen LogP contribution in [0.4, 0.5) is 10.5 Å². The van der Waals surface area contributed by atoms with Crippen LogP contribution < -0.4 is 15.8 Å². The van der Waals surface area contributed by atoms with E-state index in [0.717, 1.165) is 0 Å². The topological polar surface area (TPSA) is 147 Å². The van der Waals surface area contributed by atoms with Crippen LogP contribution in [0.5, 0.6) is 5.75 Å². The van der Waals surface area contributed by atoms with E-state index in [4.69, 9.17) is 53.1 Å². The Kier molecular flexibility index (Phi) is 23.8. The summed E-state index contributed by atoms with van der Waals surface area (Å²) in [5.41, 5.74) is 5.92. The van der Waals surface area contributed by atoms with Gasteiger partial charge in [0.05, 0.1) is 111 Å². The fourth-order valence-electron chi connectivity index (χ4n) is 3.00. The number of nitrogens with one attached hydrogen (secondary N) is 1. The Hall–Kier alpha value is -2.23. The Morgan fingerprint density at radius 3 is 1.33 bits per heavy atom. The van der Waals surface area contributed by atoms with Gasteiger partial charge in [-0.1, -0.05) is 12.1 Å². The van der Waals surface area contributed by atoms with Crippen LogP contribution in [0.3, 0.4) is 0 Å². The molecule has 13 nitrogen and oxygen atoms in total. The fourth-order valence-corrected chi connectivity index (χ4v) is 3.00. The Morgan fingerprint density at radius 2 is 0.952 bits per heavy atom. The number of para-hydroxylation sites is 2. The van der Waals surface area contributed by atoms with Crippen molar-refractivity contribution in [2.45, 2.75) is 26.4 Å². The van der Waals surface area contributed by atoms with Crippen LogP contribution in [-0.4, -0.2) is 131 Å². The first-order chi connectivity index (χ1) is 20.4. The molecule has 0 bridgehead atoms. The van der Waals surface area contributed by atoms with Gasteiger partial charge in [0, 0.05) is 6.54 Å². The average Bonchev–Trinajstić information content (AvgIpc) is 2.94. The molecule has 1 aromatic carbocycles. The minimum Gasteiger partial charge on any atom is -0.489 e. The van der Waals surface area contributed by atoms with Gasteiger partial charge in [-0.2, -0.15) is 0 Å². The van der Waals surface area contributed by atoms with Gasteiger partial charge in [-0.25, -0.2) is 4.79 Å². The van der Waals surface area contributed by atoms with Gasteiger partial charge in [0.2, 0.25) is 0 Å². The van der Waals surface area contributed by atoms with E-state index in [0.29, 0.717) is 130 Å². The number of hydrogen-bond acceptors (Lipinski definition) is 12. The van der Waals surface area contributed by atoms with Gasteiger partial charge in [-0.3, -0.25) is 0 Å². The van der Waals surface area contributed by atoms with E-state index in [1.165, 1.54) is 0 Å². The number of nitrogens with two attached hydrogens (primary N) is 1. The standard InChI is InChI=1S/C29H52N2O11/c1-29(2,3)42-28(32)31-8-9-33-10-11-34-12-13-35-14-15-36-16-17-37-18-19-38-20-21-39-22-23-40-24-25-41-27-7-5-4-6-26(27)30/h4-7H,8-25,30H2,1-3H3,(H,31,32). The second-order valence-electron chi connectivity index (χ2n) is 9.71. The number of anilines is 1. The molecule has 42 heavy (non-hydrogen) atoms. The lowest BCUT2D eigenvalue weighted by molar-refractivity contribution is -0.0235. The van der Waals surface area contributed by atoms with Crippen molar-refractivity contribution in [2.24, 2.45) is 0 Å². The smallest absolute Gasteiger partial charge is 0.407 e. The monoisotopic (exact) mass is 604 g/mol. The molecule has 0 aliphatic rings. The van der Waals surface area contributed by atoms with Crippen molar-refractivity contribution >= 4 is 11.8 Å². The van der Waals surface area contributed by atoms with Gasteiger partial charge in [0.15, 0.2) is 0 Å². The van der Waals surface area contributed by atoms with E-state index in [1.807, 2.05) is 39.0 Å². The summed E-state index contributed by atoms with van der Waals surface area (Å²) in [6, 6.07) is 7.37. The quantitative estimate of drug-likeness (QED) is 0.107. The maximum Gasteiger partial charge on any atom is 0.407 e. The van der Waals surface area contributed by atoms with E-state index in [2.05, 4.69) is 5.32 Å². The highest BCUT2D eigenvalue weighted by atomic mass is 16.6. The van der Waals surface area contributed by atoms with Gasteiger partial charge < -0.3 is 58.4 Å². The van der Waals surface area contributed by atoms with Crippen molar-refractivity contribution in [1.29, 1.82) is 0 Å². The largest absolute Gasteiger partial charge is 0.489 e. The summed E-state index contributed by atoms with van der Waals surface area (Å²) in [5.74, 6) is 0.665. The normalized spacial score (nSPS) is 11.5. The summed E-state index contributed by atoms with van der Waals surface area (Å²) in [7, 11) is 0. The van der Waals surface area contributed by atoms with Gasteiger partial charge in [-0.15, -0.1) is 0 Å². The molecular weight excluding hydrogens is 552 g/mol. The molecule has 0 aliphatic carbocycles. The Labute approximate surface area is 250 Å². The van der Waals surface area contributed by atoms with Crippen LogP contribution in [-0.2, 0) is 42.6 Å². The minimum atomic E-state index is -0.510. The van der Waals surface area contributed by atoms with E-state index in [1.54, 1.807) is 6.07 Å². The molecule has 0 saturated heterocycles. The predicted molar refractivity (Wildman–Crippen MR) is 157 cm³/mol. The molecule has 13 heteroatoms. The second-order valence-corrected chi connectivity index (χ2v) is 9.71.